The Balaban J connectivity index is 1.42. The lowest BCUT2D eigenvalue weighted by molar-refractivity contribution is 0.0315. The minimum atomic E-state index is -1.09. The normalized spacial score (nSPS) is 21.4. The van der Waals surface area contributed by atoms with Crippen LogP contribution in [0.15, 0.2) is 30.6 Å². The summed E-state index contributed by atoms with van der Waals surface area (Å²) in [6.07, 6.45) is 5.89. The summed E-state index contributed by atoms with van der Waals surface area (Å²) >= 11 is 0. The van der Waals surface area contributed by atoms with Gasteiger partial charge < -0.3 is 19.0 Å². The molecule has 0 spiro atoms. The van der Waals surface area contributed by atoms with Crippen LogP contribution in [0.25, 0.3) is 17.3 Å². The molecular weight excluding hydrogens is 380 g/mol. The van der Waals surface area contributed by atoms with Gasteiger partial charge in [-0.1, -0.05) is 6.92 Å². The summed E-state index contributed by atoms with van der Waals surface area (Å²) in [5.41, 5.74) is 4.74. The summed E-state index contributed by atoms with van der Waals surface area (Å²) in [6, 6.07) is 5.79. The molecule has 4 heterocycles. The summed E-state index contributed by atoms with van der Waals surface area (Å²) in [5.74, 6) is 1.39. The highest BCUT2D eigenvalue weighted by atomic mass is 16.6. The van der Waals surface area contributed by atoms with Crippen molar-refractivity contribution in [2.24, 2.45) is 0 Å². The first-order valence-corrected chi connectivity index (χ1v) is 10.4. The quantitative estimate of drug-likeness (QED) is 0.718. The number of rotatable bonds is 4. The number of aliphatic hydroxyl groups excluding tert-OH is 1. The molecule has 1 fully saturated rings. The minimum Gasteiger partial charge on any atom is -0.489 e. The number of fused-ring (bicyclic) bond motifs is 2. The second kappa shape index (κ2) is 7.41. The second-order valence-electron chi connectivity index (χ2n) is 8.02. The number of likely N-dealkylation sites (tertiary alicyclic amines) is 1. The van der Waals surface area contributed by atoms with Crippen molar-refractivity contribution in [3.8, 4) is 11.5 Å². The zero-order valence-corrected chi connectivity index (χ0v) is 17.5. The van der Waals surface area contributed by atoms with Gasteiger partial charge in [-0.2, -0.15) is 0 Å². The molecule has 0 radical (unpaired) electrons. The average molecular weight is 406 g/mol. The third kappa shape index (κ3) is 3.44. The molecule has 2 aliphatic rings. The standard InChI is InChI=1S/C23H26N4O3/c1-4-26-8-7-18(12-26)29-17-6-5-16-9-19(23(28)30-21(16)10-17)20-13-27-11-14(2)24-15(3)22(27)25-20/h5-6,9-11,13,18,23,28H,4,7-8,12H2,1-3H3/t18-,23?/m1/s1. The molecule has 30 heavy (non-hydrogen) atoms. The summed E-state index contributed by atoms with van der Waals surface area (Å²) in [4.78, 5) is 11.5. The van der Waals surface area contributed by atoms with Gasteiger partial charge in [0.2, 0.25) is 6.29 Å². The molecule has 1 saturated heterocycles. The third-order valence-electron chi connectivity index (χ3n) is 5.80. The monoisotopic (exact) mass is 406 g/mol. The van der Waals surface area contributed by atoms with E-state index in [2.05, 4.69) is 21.8 Å². The Labute approximate surface area is 175 Å². The van der Waals surface area contributed by atoms with Crippen LogP contribution in [0.5, 0.6) is 11.5 Å². The molecule has 1 unspecified atom stereocenters. The van der Waals surface area contributed by atoms with Crippen LogP contribution in [0.3, 0.4) is 0 Å². The zero-order chi connectivity index (χ0) is 20.8. The Morgan fingerprint density at radius 3 is 2.90 bits per heavy atom. The first kappa shape index (κ1) is 19.1. The fourth-order valence-corrected chi connectivity index (χ4v) is 4.25. The fourth-order valence-electron chi connectivity index (χ4n) is 4.25. The molecule has 7 nitrogen and oxygen atoms in total. The highest BCUT2D eigenvalue weighted by Crippen LogP contribution is 2.36. The molecule has 3 aromatic rings. The lowest BCUT2D eigenvalue weighted by Gasteiger charge is -2.23. The first-order valence-electron chi connectivity index (χ1n) is 10.4. The molecule has 0 aliphatic carbocycles. The van der Waals surface area contributed by atoms with Gasteiger partial charge in [-0.05, 0) is 45.0 Å². The maximum absolute atomic E-state index is 10.7. The van der Waals surface area contributed by atoms with Gasteiger partial charge in [0.25, 0.3) is 0 Å². The van der Waals surface area contributed by atoms with Crippen LogP contribution in [0.2, 0.25) is 0 Å². The van der Waals surface area contributed by atoms with Gasteiger partial charge >= 0.3 is 0 Å². The Morgan fingerprint density at radius 1 is 1.23 bits per heavy atom. The van der Waals surface area contributed by atoms with E-state index in [9.17, 15) is 5.11 Å². The number of hydrogen-bond acceptors (Lipinski definition) is 6. The molecule has 7 heteroatoms. The van der Waals surface area contributed by atoms with Crippen LogP contribution in [0.1, 0.15) is 36.0 Å². The fraction of sp³-hybridized carbons (Fsp3) is 0.391. The minimum absolute atomic E-state index is 0.195. The molecule has 2 aromatic heterocycles. The largest absolute Gasteiger partial charge is 0.489 e. The van der Waals surface area contributed by atoms with E-state index in [1.54, 1.807) is 0 Å². The van der Waals surface area contributed by atoms with E-state index < -0.39 is 6.29 Å². The van der Waals surface area contributed by atoms with Crippen molar-refractivity contribution in [2.45, 2.75) is 39.6 Å². The maximum Gasteiger partial charge on any atom is 0.226 e. The Kier molecular flexibility index (Phi) is 4.72. The Morgan fingerprint density at radius 2 is 2.10 bits per heavy atom. The molecular formula is C23H26N4O3. The molecule has 2 aliphatic heterocycles. The van der Waals surface area contributed by atoms with Crippen LogP contribution < -0.4 is 9.47 Å². The van der Waals surface area contributed by atoms with Gasteiger partial charge in [-0.25, -0.2) is 4.98 Å². The molecule has 0 amide bonds. The van der Waals surface area contributed by atoms with E-state index in [0.29, 0.717) is 17.0 Å². The topological polar surface area (TPSA) is 72.1 Å². The van der Waals surface area contributed by atoms with Crippen LogP contribution in [0.4, 0.5) is 0 Å². The molecule has 5 rings (SSSR count). The van der Waals surface area contributed by atoms with Crippen molar-refractivity contribution >= 4 is 17.3 Å². The Bertz CT molecular complexity index is 1140. The lowest BCUT2D eigenvalue weighted by Crippen LogP contribution is -2.24. The van der Waals surface area contributed by atoms with E-state index in [4.69, 9.17) is 9.47 Å². The number of hydrogen-bond donors (Lipinski definition) is 1. The van der Waals surface area contributed by atoms with Crippen molar-refractivity contribution in [3.05, 3.63) is 53.2 Å². The van der Waals surface area contributed by atoms with Crippen molar-refractivity contribution in [3.63, 3.8) is 0 Å². The number of imidazole rings is 1. The summed E-state index contributed by atoms with van der Waals surface area (Å²) in [5, 5.41) is 10.7. The van der Waals surface area contributed by atoms with Crippen molar-refractivity contribution in [1.29, 1.82) is 0 Å². The van der Waals surface area contributed by atoms with Crippen LogP contribution >= 0.6 is 0 Å². The van der Waals surface area contributed by atoms with E-state index in [1.807, 2.05) is 54.9 Å². The number of aliphatic hydroxyl groups is 1. The van der Waals surface area contributed by atoms with Crippen molar-refractivity contribution in [2.75, 3.05) is 19.6 Å². The van der Waals surface area contributed by atoms with Gasteiger partial charge in [-0.3, -0.25) is 9.88 Å². The van der Waals surface area contributed by atoms with Gasteiger partial charge in [-0.15, -0.1) is 0 Å². The number of likely N-dealkylation sites (N-methyl/N-ethyl adjacent to an activating group) is 1. The predicted molar refractivity (Wildman–Crippen MR) is 115 cm³/mol. The highest BCUT2D eigenvalue weighted by molar-refractivity contribution is 5.86. The number of aromatic nitrogens is 3. The Hall–Kier alpha value is -2.90. The second-order valence-corrected chi connectivity index (χ2v) is 8.02. The SMILES string of the molecule is CCN1CC[C@@H](Oc2ccc3c(c2)OC(O)C(c2cn4cc(C)nc(C)c4n2)=C3)C1. The van der Waals surface area contributed by atoms with Gasteiger partial charge in [0, 0.05) is 42.7 Å². The molecule has 1 aromatic carbocycles. The first-order chi connectivity index (χ1) is 14.5. The van der Waals surface area contributed by atoms with Crippen molar-refractivity contribution in [1.82, 2.24) is 19.3 Å². The third-order valence-corrected chi connectivity index (χ3v) is 5.80. The molecule has 0 saturated carbocycles. The van der Waals surface area contributed by atoms with E-state index in [1.165, 1.54) is 0 Å². The van der Waals surface area contributed by atoms with Gasteiger partial charge in [0.15, 0.2) is 5.65 Å². The van der Waals surface area contributed by atoms with Crippen molar-refractivity contribution < 1.29 is 14.6 Å². The molecule has 0 bridgehead atoms. The molecule has 2 atom stereocenters. The van der Waals surface area contributed by atoms with Crippen LogP contribution in [-0.4, -0.2) is 56.4 Å². The summed E-state index contributed by atoms with van der Waals surface area (Å²) in [6.45, 7) is 9.12. The van der Waals surface area contributed by atoms with E-state index in [-0.39, 0.29) is 6.10 Å². The smallest absolute Gasteiger partial charge is 0.226 e. The number of nitrogens with zero attached hydrogens (tertiary/aromatic N) is 4. The van der Waals surface area contributed by atoms with Crippen LogP contribution in [-0.2, 0) is 0 Å². The molecule has 156 valence electrons. The summed E-state index contributed by atoms with van der Waals surface area (Å²) in [7, 11) is 0. The number of aryl methyl sites for hydroxylation is 2. The van der Waals surface area contributed by atoms with E-state index >= 15 is 0 Å². The van der Waals surface area contributed by atoms with E-state index in [0.717, 1.165) is 54.4 Å². The predicted octanol–water partition coefficient (Wildman–Crippen LogP) is 3.07. The summed E-state index contributed by atoms with van der Waals surface area (Å²) < 4.78 is 13.9. The maximum atomic E-state index is 10.7. The van der Waals surface area contributed by atoms with Gasteiger partial charge in [0.05, 0.1) is 17.1 Å². The lowest BCUT2D eigenvalue weighted by atomic mass is 10.0. The highest BCUT2D eigenvalue weighted by Gasteiger charge is 2.26. The van der Waals surface area contributed by atoms with Crippen LogP contribution in [0, 0.1) is 13.8 Å². The average Bonchev–Trinajstić information content (AvgIpc) is 3.34. The number of ether oxygens (including phenoxy) is 2. The van der Waals surface area contributed by atoms with Gasteiger partial charge in [0.1, 0.15) is 17.6 Å². The number of benzene rings is 1. The molecule has 1 N–H and O–H groups in total. The zero-order valence-electron chi connectivity index (χ0n) is 17.5.